The molecule has 2 heterocycles. The normalized spacial score (nSPS) is 10.3. The molecule has 120 valence electrons. The highest BCUT2D eigenvalue weighted by Gasteiger charge is 2.10. The largest absolute Gasteiger partial charge is 0.465 e. The molecular weight excluding hydrogens is 308 g/mol. The third-order valence-corrected chi connectivity index (χ3v) is 3.44. The number of rotatable bonds is 4. The molecule has 3 rings (SSSR count). The Morgan fingerprint density at radius 2 is 2.12 bits per heavy atom. The average molecular weight is 322 g/mol. The Kier molecular flexibility index (Phi) is 4.33. The predicted molar refractivity (Wildman–Crippen MR) is 89.0 cm³/mol. The second-order valence-electron chi connectivity index (χ2n) is 5.12. The molecule has 0 saturated heterocycles. The lowest BCUT2D eigenvalue weighted by Crippen LogP contribution is -2.15. The molecule has 0 aliphatic heterocycles. The van der Waals surface area contributed by atoms with Crippen LogP contribution in [0.2, 0.25) is 0 Å². The molecule has 2 aromatic heterocycles. The second kappa shape index (κ2) is 6.74. The lowest BCUT2D eigenvalue weighted by atomic mass is 10.0. The van der Waals surface area contributed by atoms with E-state index in [1.54, 1.807) is 48.9 Å². The quantitative estimate of drug-likeness (QED) is 0.684. The fourth-order valence-electron chi connectivity index (χ4n) is 2.38. The van der Waals surface area contributed by atoms with Crippen LogP contribution in [0.25, 0.3) is 11.1 Å². The van der Waals surface area contributed by atoms with E-state index < -0.39 is 6.09 Å². The molecule has 7 heteroatoms. The van der Waals surface area contributed by atoms with E-state index in [-0.39, 0.29) is 5.43 Å². The van der Waals surface area contributed by atoms with E-state index in [2.05, 4.69) is 20.5 Å². The van der Waals surface area contributed by atoms with E-state index in [1.165, 1.54) is 0 Å². The van der Waals surface area contributed by atoms with Gasteiger partial charge in [-0.2, -0.15) is 5.10 Å². The summed E-state index contributed by atoms with van der Waals surface area (Å²) in [6.07, 6.45) is 3.96. The topological polar surface area (TPSA) is 108 Å². The Morgan fingerprint density at radius 3 is 2.88 bits per heavy atom. The van der Waals surface area contributed by atoms with Crippen molar-refractivity contribution in [1.82, 2.24) is 15.2 Å². The Balaban J connectivity index is 1.92. The number of amides is 1. The first kappa shape index (κ1) is 15.4. The molecule has 0 atom stereocenters. The number of hydrogen-bond donors (Lipinski definition) is 3. The minimum atomic E-state index is -1.14. The molecule has 0 radical (unpaired) electrons. The maximum Gasteiger partial charge on any atom is 0.409 e. The Labute approximate surface area is 137 Å². The molecule has 1 amide bonds. The van der Waals surface area contributed by atoms with E-state index in [4.69, 9.17) is 5.11 Å². The van der Waals surface area contributed by atoms with Crippen LogP contribution in [0.15, 0.2) is 59.8 Å². The van der Waals surface area contributed by atoms with Crippen LogP contribution in [0.4, 0.5) is 10.5 Å². The Morgan fingerprint density at radius 1 is 1.25 bits per heavy atom. The highest BCUT2D eigenvalue weighted by atomic mass is 16.4. The summed E-state index contributed by atoms with van der Waals surface area (Å²) in [5, 5.41) is 17.9. The summed E-state index contributed by atoms with van der Waals surface area (Å²) in [6.45, 7) is 0. The number of H-pyrrole nitrogens is 1. The minimum absolute atomic E-state index is 0.182. The van der Waals surface area contributed by atoms with Crippen molar-refractivity contribution in [2.45, 2.75) is 6.42 Å². The van der Waals surface area contributed by atoms with Gasteiger partial charge < -0.3 is 5.11 Å². The van der Waals surface area contributed by atoms with Crippen LogP contribution in [0.5, 0.6) is 0 Å². The molecule has 3 aromatic rings. The molecule has 0 spiro atoms. The van der Waals surface area contributed by atoms with Crippen LogP contribution in [0.3, 0.4) is 0 Å². The van der Waals surface area contributed by atoms with Gasteiger partial charge in [0, 0.05) is 36.3 Å². The minimum Gasteiger partial charge on any atom is -0.465 e. The fraction of sp³-hybridized carbons (Fsp3) is 0.0588. The van der Waals surface area contributed by atoms with E-state index in [9.17, 15) is 9.59 Å². The number of carbonyl (C=O) groups is 1. The predicted octanol–water partition coefficient (Wildman–Crippen LogP) is 2.51. The number of nitrogens with zero attached hydrogens (tertiary/aromatic N) is 2. The molecular formula is C17H14N4O3. The average Bonchev–Trinajstić information content (AvgIpc) is 2.57. The highest BCUT2D eigenvalue weighted by Crippen LogP contribution is 2.15. The van der Waals surface area contributed by atoms with E-state index in [1.807, 2.05) is 6.07 Å². The van der Waals surface area contributed by atoms with Gasteiger partial charge in [-0.25, -0.2) is 4.79 Å². The molecule has 0 bridgehead atoms. The first-order valence-electron chi connectivity index (χ1n) is 7.20. The van der Waals surface area contributed by atoms with E-state index >= 15 is 0 Å². The fourth-order valence-corrected chi connectivity index (χ4v) is 2.38. The van der Waals surface area contributed by atoms with Gasteiger partial charge in [-0.3, -0.25) is 20.2 Å². The molecule has 0 aliphatic carbocycles. The number of pyridine rings is 1. The molecule has 1 aromatic carbocycles. The monoisotopic (exact) mass is 322 g/mol. The second-order valence-corrected chi connectivity index (χ2v) is 5.12. The Bertz CT molecular complexity index is 922. The van der Waals surface area contributed by atoms with Crippen LogP contribution >= 0.6 is 0 Å². The zero-order valence-electron chi connectivity index (χ0n) is 12.6. The van der Waals surface area contributed by atoms with Crippen molar-refractivity contribution >= 4 is 11.8 Å². The standard InChI is InChI=1S/C17H14N4O3/c22-16-14(12-4-2-6-18-9-12)10-19-21-15(16)8-11-3-1-5-13(7-11)20-17(23)24/h1-7,9-10,20H,8H2,(H,19,22)(H,23,24). The number of aromatic amines is 1. The zero-order valence-corrected chi connectivity index (χ0v) is 12.6. The summed E-state index contributed by atoms with van der Waals surface area (Å²) < 4.78 is 0. The molecule has 24 heavy (non-hydrogen) atoms. The summed E-state index contributed by atoms with van der Waals surface area (Å²) in [5.41, 5.74) is 2.60. The van der Waals surface area contributed by atoms with Crippen LogP contribution in [0, 0.1) is 0 Å². The van der Waals surface area contributed by atoms with Crippen LogP contribution in [-0.4, -0.2) is 26.4 Å². The van der Waals surface area contributed by atoms with Gasteiger partial charge in [-0.15, -0.1) is 0 Å². The maximum atomic E-state index is 12.6. The number of aromatic nitrogens is 3. The van der Waals surface area contributed by atoms with Gasteiger partial charge in [-0.1, -0.05) is 18.2 Å². The summed E-state index contributed by atoms with van der Waals surface area (Å²) >= 11 is 0. The maximum absolute atomic E-state index is 12.6. The first-order valence-corrected chi connectivity index (χ1v) is 7.20. The summed E-state index contributed by atoms with van der Waals surface area (Å²) in [4.78, 5) is 27.3. The van der Waals surface area contributed by atoms with Crippen molar-refractivity contribution < 1.29 is 9.90 Å². The Hall–Kier alpha value is -3.48. The van der Waals surface area contributed by atoms with Crippen molar-refractivity contribution in [3.05, 3.63) is 76.5 Å². The molecule has 0 unspecified atom stereocenters. The summed E-state index contributed by atoms with van der Waals surface area (Å²) in [5.74, 6) is 0. The number of nitrogens with one attached hydrogen (secondary N) is 2. The van der Waals surface area contributed by atoms with Gasteiger partial charge in [0.25, 0.3) is 0 Å². The van der Waals surface area contributed by atoms with Gasteiger partial charge in [0.2, 0.25) is 5.43 Å². The van der Waals surface area contributed by atoms with Crippen LogP contribution < -0.4 is 10.7 Å². The zero-order chi connectivity index (χ0) is 16.9. The molecule has 3 N–H and O–H groups in total. The van der Waals surface area contributed by atoms with Gasteiger partial charge >= 0.3 is 6.09 Å². The number of anilines is 1. The number of carboxylic acid groups (broad SMARTS) is 1. The molecule has 0 saturated carbocycles. The summed E-state index contributed by atoms with van der Waals surface area (Å²) in [7, 11) is 0. The van der Waals surface area contributed by atoms with E-state index in [0.29, 0.717) is 28.9 Å². The van der Waals surface area contributed by atoms with Crippen molar-refractivity contribution in [3.8, 4) is 11.1 Å². The summed E-state index contributed by atoms with van der Waals surface area (Å²) in [6, 6.07) is 10.4. The molecule has 0 fully saturated rings. The lowest BCUT2D eigenvalue weighted by molar-refractivity contribution is 0.210. The van der Waals surface area contributed by atoms with Gasteiger partial charge in [0.15, 0.2) is 0 Å². The van der Waals surface area contributed by atoms with Crippen LogP contribution in [0.1, 0.15) is 11.3 Å². The van der Waals surface area contributed by atoms with Crippen molar-refractivity contribution in [3.63, 3.8) is 0 Å². The van der Waals surface area contributed by atoms with Crippen molar-refractivity contribution in [2.24, 2.45) is 0 Å². The highest BCUT2D eigenvalue weighted by molar-refractivity contribution is 5.82. The van der Waals surface area contributed by atoms with Crippen molar-refractivity contribution in [1.29, 1.82) is 0 Å². The van der Waals surface area contributed by atoms with Crippen molar-refractivity contribution in [2.75, 3.05) is 5.32 Å². The third kappa shape index (κ3) is 3.46. The van der Waals surface area contributed by atoms with Crippen LogP contribution in [-0.2, 0) is 6.42 Å². The number of hydrogen-bond acceptors (Lipinski definition) is 4. The lowest BCUT2D eigenvalue weighted by Gasteiger charge is -2.06. The smallest absolute Gasteiger partial charge is 0.409 e. The van der Waals surface area contributed by atoms with Gasteiger partial charge in [0.1, 0.15) is 5.69 Å². The first-order chi connectivity index (χ1) is 11.6. The van der Waals surface area contributed by atoms with E-state index in [0.717, 1.165) is 5.56 Å². The molecule has 7 nitrogen and oxygen atoms in total. The number of benzene rings is 1. The van der Waals surface area contributed by atoms with Gasteiger partial charge in [-0.05, 0) is 23.8 Å². The van der Waals surface area contributed by atoms with Gasteiger partial charge in [0.05, 0.1) is 5.56 Å². The molecule has 0 aliphatic rings. The third-order valence-electron chi connectivity index (χ3n) is 3.44. The SMILES string of the molecule is O=C(O)Nc1cccc(Cc2n[nH]cc(-c3cccnc3)c2=O)c1.